The molecule has 0 bridgehead atoms. The second kappa shape index (κ2) is 5.41. The second-order valence-corrected chi connectivity index (χ2v) is 8.82. The first kappa shape index (κ1) is 15.1. The van der Waals surface area contributed by atoms with Crippen molar-refractivity contribution >= 4 is 44.2 Å². The number of pyridine rings is 1. The Kier molecular flexibility index (Phi) is 3.88. The van der Waals surface area contributed by atoms with Crippen molar-refractivity contribution in [3.63, 3.8) is 0 Å². The molecule has 1 aliphatic heterocycles. The van der Waals surface area contributed by atoms with Crippen molar-refractivity contribution in [1.82, 2.24) is 14.5 Å². The maximum Gasteiger partial charge on any atom is 0.160 e. The first-order valence-electron chi connectivity index (χ1n) is 6.76. The average molecular weight is 348 g/mol. The number of imidazole rings is 1. The summed E-state index contributed by atoms with van der Waals surface area (Å²) in [7, 11) is -3.03. The van der Waals surface area contributed by atoms with Gasteiger partial charge in [-0.1, -0.05) is 11.6 Å². The maximum absolute atomic E-state index is 12.1. The Morgan fingerprint density at radius 1 is 1.52 bits per heavy atom. The zero-order chi connectivity index (χ0) is 15.2. The average Bonchev–Trinajstić information content (AvgIpc) is 2.91. The lowest BCUT2D eigenvalue weighted by Crippen LogP contribution is -2.23. The SMILES string of the molecule is CC(Cl)c1nc2cc(Cl)cnc2n1CC1CCCS1(=O)=O. The van der Waals surface area contributed by atoms with Crippen molar-refractivity contribution in [3.8, 4) is 0 Å². The van der Waals surface area contributed by atoms with E-state index in [9.17, 15) is 8.42 Å². The first-order chi connectivity index (χ1) is 9.88. The van der Waals surface area contributed by atoms with Gasteiger partial charge in [-0.3, -0.25) is 0 Å². The Hall–Kier alpha value is -0.850. The van der Waals surface area contributed by atoms with Gasteiger partial charge in [-0.15, -0.1) is 11.6 Å². The van der Waals surface area contributed by atoms with Gasteiger partial charge in [-0.05, 0) is 25.8 Å². The summed E-state index contributed by atoms with van der Waals surface area (Å²) in [6, 6.07) is 1.71. The summed E-state index contributed by atoms with van der Waals surface area (Å²) in [6.45, 7) is 2.16. The number of nitrogens with zero attached hydrogens (tertiary/aromatic N) is 3. The molecular weight excluding hydrogens is 333 g/mol. The van der Waals surface area contributed by atoms with E-state index in [1.54, 1.807) is 6.07 Å². The maximum atomic E-state index is 12.1. The lowest BCUT2D eigenvalue weighted by Gasteiger charge is -2.14. The van der Waals surface area contributed by atoms with E-state index in [2.05, 4.69) is 9.97 Å². The van der Waals surface area contributed by atoms with E-state index in [0.717, 1.165) is 0 Å². The summed E-state index contributed by atoms with van der Waals surface area (Å²) in [5.74, 6) is 0.888. The third kappa shape index (κ3) is 2.76. The lowest BCUT2D eigenvalue weighted by atomic mass is 10.2. The Morgan fingerprint density at radius 3 is 2.90 bits per heavy atom. The standard InChI is InChI=1S/C13H15Cl2N3O2S/c1-8(14)12-17-11-5-9(15)6-16-13(11)18(12)7-10-3-2-4-21(10,19)20/h5-6,8,10H,2-4,7H2,1H3. The zero-order valence-corrected chi connectivity index (χ0v) is 13.8. The first-order valence-corrected chi connectivity index (χ1v) is 9.29. The van der Waals surface area contributed by atoms with Crippen LogP contribution in [0.15, 0.2) is 12.3 Å². The van der Waals surface area contributed by atoms with Gasteiger partial charge in [0.2, 0.25) is 0 Å². The van der Waals surface area contributed by atoms with Crippen LogP contribution in [0.5, 0.6) is 0 Å². The summed E-state index contributed by atoms with van der Waals surface area (Å²) in [4.78, 5) is 8.74. The quantitative estimate of drug-likeness (QED) is 0.800. The van der Waals surface area contributed by atoms with Crippen LogP contribution in [-0.2, 0) is 16.4 Å². The molecule has 114 valence electrons. The highest BCUT2D eigenvalue weighted by Gasteiger charge is 2.33. The molecule has 0 aliphatic carbocycles. The van der Waals surface area contributed by atoms with E-state index < -0.39 is 9.84 Å². The van der Waals surface area contributed by atoms with Crippen LogP contribution < -0.4 is 0 Å². The summed E-state index contributed by atoms with van der Waals surface area (Å²) < 4.78 is 25.9. The van der Waals surface area contributed by atoms with Gasteiger partial charge in [0.05, 0.1) is 21.4 Å². The summed E-state index contributed by atoms with van der Waals surface area (Å²) in [5.41, 5.74) is 1.27. The highest BCUT2D eigenvalue weighted by molar-refractivity contribution is 7.92. The van der Waals surface area contributed by atoms with Crippen LogP contribution in [0.3, 0.4) is 0 Å². The Bertz CT molecular complexity index is 786. The van der Waals surface area contributed by atoms with Crippen molar-refractivity contribution in [2.45, 2.75) is 36.9 Å². The van der Waals surface area contributed by atoms with Crippen molar-refractivity contribution in [1.29, 1.82) is 0 Å². The molecule has 8 heteroatoms. The molecule has 2 aromatic rings. The summed E-state index contributed by atoms with van der Waals surface area (Å²) in [6.07, 6.45) is 2.92. The van der Waals surface area contributed by atoms with Gasteiger partial charge in [0.1, 0.15) is 11.3 Å². The van der Waals surface area contributed by atoms with Crippen molar-refractivity contribution in [2.75, 3.05) is 5.75 Å². The van der Waals surface area contributed by atoms with Crippen LogP contribution in [0.25, 0.3) is 11.2 Å². The number of alkyl halides is 1. The fourth-order valence-corrected chi connectivity index (χ4v) is 4.88. The normalized spacial score (nSPS) is 22.7. The van der Waals surface area contributed by atoms with Gasteiger partial charge < -0.3 is 4.57 Å². The van der Waals surface area contributed by atoms with Crippen molar-refractivity contribution in [3.05, 3.63) is 23.1 Å². The zero-order valence-electron chi connectivity index (χ0n) is 11.5. The lowest BCUT2D eigenvalue weighted by molar-refractivity contribution is 0.561. The molecule has 1 fully saturated rings. The van der Waals surface area contributed by atoms with Gasteiger partial charge in [0, 0.05) is 12.7 Å². The van der Waals surface area contributed by atoms with E-state index in [1.807, 2.05) is 11.5 Å². The molecule has 21 heavy (non-hydrogen) atoms. The third-order valence-corrected chi connectivity index (χ3v) is 6.45. The topological polar surface area (TPSA) is 64.8 Å². The van der Waals surface area contributed by atoms with E-state index in [4.69, 9.17) is 23.2 Å². The number of halogens is 2. The predicted molar refractivity (Wildman–Crippen MR) is 83.6 cm³/mol. The number of aromatic nitrogens is 3. The van der Waals surface area contributed by atoms with Crippen LogP contribution in [0.1, 0.15) is 31.0 Å². The fourth-order valence-electron chi connectivity index (χ4n) is 2.75. The van der Waals surface area contributed by atoms with Crippen LogP contribution in [0.4, 0.5) is 0 Å². The summed E-state index contributed by atoms with van der Waals surface area (Å²) in [5, 5.41) is -0.224. The fraction of sp³-hybridized carbons (Fsp3) is 0.538. The molecule has 3 heterocycles. The molecule has 5 nitrogen and oxygen atoms in total. The van der Waals surface area contributed by atoms with Gasteiger partial charge in [0.15, 0.2) is 15.5 Å². The number of hydrogen-bond acceptors (Lipinski definition) is 4. The molecule has 0 radical (unpaired) electrons. The molecule has 2 atom stereocenters. The van der Waals surface area contributed by atoms with Gasteiger partial charge in [0.25, 0.3) is 0 Å². The van der Waals surface area contributed by atoms with Gasteiger partial charge >= 0.3 is 0 Å². The van der Waals surface area contributed by atoms with Gasteiger partial charge in [-0.2, -0.15) is 0 Å². The molecular formula is C13H15Cl2N3O2S. The Balaban J connectivity index is 2.09. The van der Waals surface area contributed by atoms with Crippen LogP contribution >= 0.6 is 23.2 Å². The summed E-state index contributed by atoms with van der Waals surface area (Å²) >= 11 is 12.1. The van der Waals surface area contributed by atoms with Crippen molar-refractivity contribution < 1.29 is 8.42 Å². The molecule has 1 saturated heterocycles. The third-order valence-electron chi connectivity index (χ3n) is 3.79. The molecule has 3 rings (SSSR count). The Labute approximate surface area is 133 Å². The number of fused-ring (bicyclic) bond motifs is 1. The van der Waals surface area contributed by atoms with Gasteiger partial charge in [-0.25, -0.2) is 18.4 Å². The minimum absolute atomic E-state index is 0.259. The van der Waals surface area contributed by atoms with E-state index in [0.29, 0.717) is 41.4 Å². The molecule has 0 N–H and O–H groups in total. The molecule has 2 unspecified atom stereocenters. The van der Waals surface area contributed by atoms with Crippen LogP contribution in [-0.4, -0.2) is 34.0 Å². The monoisotopic (exact) mass is 347 g/mol. The molecule has 1 aliphatic rings. The number of rotatable bonds is 3. The van der Waals surface area contributed by atoms with E-state index >= 15 is 0 Å². The Morgan fingerprint density at radius 2 is 2.29 bits per heavy atom. The smallest absolute Gasteiger partial charge is 0.160 e. The van der Waals surface area contributed by atoms with E-state index in [-0.39, 0.29) is 16.4 Å². The largest absolute Gasteiger partial charge is 0.310 e. The minimum atomic E-state index is -3.03. The predicted octanol–water partition coefficient (Wildman–Crippen LogP) is 2.96. The highest BCUT2D eigenvalue weighted by atomic mass is 35.5. The number of hydrogen-bond donors (Lipinski definition) is 0. The van der Waals surface area contributed by atoms with E-state index in [1.165, 1.54) is 6.20 Å². The highest BCUT2D eigenvalue weighted by Crippen LogP contribution is 2.28. The minimum Gasteiger partial charge on any atom is -0.310 e. The molecule has 0 saturated carbocycles. The van der Waals surface area contributed by atoms with Crippen molar-refractivity contribution in [2.24, 2.45) is 0 Å². The molecule has 2 aromatic heterocycles. The number of sulfone groups is 1. The second-order valence-electron chi connectivity index (χ2n) is 5.32. The van der Waals surface area contributed by atoms with Crippen LogP contribution in [0.2, 0.25) is 5.02 Å². The molecule has 0 aromatic carbocycles. The van der Waals surface area contributed by atoms with Crippen LogP contribution in [0, 0.1) is 0 Å². The molecule has 0 spiro atoms. The molecule has 0 amide bonds.